The maximum Gasteiger partial charge on any atom is 0.167 e. The van der Waals surface area contributed by atoms with E-state index in [1.807, 2.05) is 0 Å². The van der Waals surface area contributed by atoms with Crippen molar-refractivity contribution >= 4 is 10.9 Å². The molecule has 1 aromatic heterocycles. The molecule has 4 heteroatoms. The SMILES string of the molecule is COC1(OC)CCC(C(CN)c2c(C)n(C)c3ccccc23)CC1. The Labute approximate surface area is 144 Å². The highest BCUT2D eigenvalue weighted by atomic mass is 16.7. The van der Waals surface area contributed by atoms with Gasteiger partial charge in [0.2, 0.25) is 0 Å². The molecule has 1 atom stereocenters. The second kappa shape index (κ2) is 6.87. The summed E-state index contributed by atoms with van der Waals surface area (Å²) in [6, 6.07) is 8.66. The lowest BCUT2D eigenvalue weighted by atomic mass is 9.74. The quantitative estimate of drug-likeness (QED) is 0.850. The summed E-state index contributed by atoms with van der Waals surface area (Å²) < 4.78 is 13.6. The maximum absolute atomic E-state index is 6.27. The minimum atomic E-state index is -0.399. The van der Waals surface area contributed by atoms with E-state index in [2.05, 4.69) is 42.8 Å². The molecule has 132 valence electrons. The minimum Gasteiger partial charge on any atom is -0.353 e. The van der Waals surface area contributed by atoms with Crippen LogP contribution in [0.1, 0.15) is 42.9 Å². The predicted octanol–water partition coefficient (Wildman–Crippen LogP) is 3.71. The van der Waals surface area contributed by atoms with Crippen LogP contribution < -0.4 is 5.73 Å². The van der Waals surface area contributed by atoms with Gasteiger partial charge in [-0.05, 0) is 43.9 Å². The van der Waals surface area contributed by atoms with Gasteiger partial charge < -0.3 is 19.8 Å². The number of nitrogens with two attached hydrogens (primary N) is 1. The van der Waals surface area contributed by atoms with Crippen LogP contribution in [0.15, 0.2) is 24.3 Å². The van der Waals surface area contributed by atoms with Crippen LogP contribution in [0.2, 0.25) is 0 Å². The van der Waals surface area contributed by atoms with Gasteiger partial charge in [-0.1, -0.05) is 18.2 Å². The Balaban J connectivity index is 1.92. The van der Waals surface area contributed by atoms with Crippen molar-refractivity contribution in [3.05, 3.63) is 35.5 Å². The molecular weight excluding hydrogens is 300 g/mol. The Morgan fingerprint density at radius 3 is 2.42 bits per heavy atom. The fourth-order valence-electron chi connectivity index (χ4n) is 4.54. The van der Waals surface area contributed by atoms with Gasteiger partial charge in [-0.25, -0.2) is 0 Å². The van der Waals surface area contributed by atoms with Crippen molar-refractivity contribution in [2.24, 2.45) is 18.7 Å². The number of ether oxygens (including phenoxy) is 2. The van der Waals surface area contributed by atoms with Gasteiger partial charge in [-0.3, -0.25) is 0 Å². The molecule has 1 aliphatic carbocycles. The topological polar surface area (TPSA) is 49.4 Å². The highest BCUT2D eigenvalue weighted by molar-refractivity contribution is 5.86. The van der Waals surface area contributed by atoms with Crippen LogP contribution in [0.4, 0.5) is 0 Å². The molecule has 1 fully saturated rings. The summed E-state index contributed by atoms with van der Waals surface area (Å²) in [5, 5.41) is 1.35. The smallest absolute Gasteiger partial charge is 0.167 e. The third kappa shape index (κ3) is 2.77. The number of benzene rings is 1. The largest absolute Gasteiger partial charge is 0.353 e. The number of hydrogen-bond donors (Lipinski definition) is 1. The average Bonchev–Trinajstić information content (AvgIpc) is 2.89. The van der Waals surface area contributed by atoms with Crippen LogP contribution >= 0.6 is 0 Å². The van der Waals surface area contributed by atoms with Gasteiger partial charge in [0.25, 0.3) is 0 Å². The molecule has 1 unspecified atom stereocenters. The lowest BCUT2D eigenvalue weighted by Gasteiger charge is -2.40. The summed E-state index contributed by atoms with van der Waals surface area (Å²) in [5.74, 6) is 0.574. The van der Waals surface area contributed by atoms with Gasteiger partial charge in [0.05, 0.1) is 0 Å². The molecule has 2 N–H and O–H groups in total. The molecule has 24 heavy (non-hydrogen) atoms. The van der Waals surface area contributed by atoms with Gasteiger partial charge in [0, 0.05) is 56.6 Å². The second-order valence-corrected chi connectivity index (χ2v) is 7.07. The Morgan fingerprint density at radius 2 is 1.83 bits per heavy atom. The lowest BCUT2D eigenvalue weighted by molar-refractivity contribution is -0.228. The van der Waals surface area contributed by atoms with E-state index in [0.717, 1.165) is 25.7 Å². The van der Waals surface area contributed by atoms with E-state index in [1.165, 1.54) is 22.2 Å². The molecule has 1 heterocycles. The van der Waals surface area contributed by atoms with Crippen molar-refractivity contribution < 1.29 is 9.47 Å². The summed E-state index contributed by atoms with van der Waals surface area (Å²) in [6.45, 7) is 2.90. The first-order valence-corrected chi connectivity index (χ1v) is 8.91. The van der Waals surface area contributed by atoms with E-state index in [1.54, 1.807) is 14.2 Å². The van der Waals surface area contributed by atoms with Crippen LogP contribution in [0.25, 0.3) is 10.9 Å². The number of rotatable bonds is 5. The van der Waals surface area contributed by atoms with Gasteiger partial charge in [-0.15, -0.1) is 0 Å². The second-order valence-electron chi connectivity index (χ2n) is 7.07. The summed E-state index contributed by atoms with van der Waals surface area (Å²) in [4.78, 5) is 0. The predicted molar refractivity (Wildman–Crippen MR) is 98.2 cm³/mol. The average molecular weight is 330 g/mol. The summed E-state index contributed by atoms with van der Waals surface area (Å²) in [7, 11) is 5.65. The molecule has 0 bridgehead atoms. The summed E-state index contributed by atoms with van der Waals surface area (Å²) >= 11 is 0. The zero-order chi connectivity index (χ0) is 17.3. The fourth-order valence-corrected chi connectivity index (χ4v) is 4.54. The van der Waals surface area contributed by atoms with Crippen LogP contribution in [0, 0.1) is 12.8 Å². The maximum atomic E-state index is 6.27. The van der Waals surface area contributed by atoms with Crippen molar-refractivity contribution in [3.63, 3.8) is 0 Å². The van der Waals surface area contributed by atoms with E-state index in [9.17, 15) is 0 Å². The highest BCUT2D eigenvalue weighted by Crippen LogP contribution is 2.44. The van der Waals surface area contributed by atoms with Crippen molar-refractivity contribution in [2.75, 3.05) is 20.8 Å². The molecule has 2 aromatic rings. The zero-order valence-corrected chi connectivity index (χ0v) is 15.3. The Hall–Kier alpha value is -1.36. The molecule has 0 amide bonds. The Bertz CT molecular complexity index is 693. The van der Waals surface area contributed by atoms with E-state index in [-0.39, 0.29) is 0 Å². The van der Waals surface area contributed by atoms with Crippen molar-refractivity contribution in [3.8, 4) is 0 Å². The fraction of sp³-hybridized carbons (Fsp3) is 0.600. The van der Waals surface area contributed by atoms with Crippen LogP contribution in [-0.4, -0.2) is 31.1 Å². The van der Waals surface area contributed by atoms with Gasteiger partial charge in [-0.2, -0.15) is 0 Å². The van der Waals surface area contributed by atoms with Crippen LogP contribution in [-0.2, 0) is 16.5 Å². The Kier molecular flexibility index (Phi) is 5.00. The minimum absolute atomic E-state index is 0.391. The van der Waals surface area contributed by atoms with Crippen molar-refractivity contribution in [1.82, 2.24) is 4.57 Å². The molecule has 1 saturated carbocycles. The number of methoxy groups -OCH3 is 2. The van der Waals surface area contributed by atoms with Crippen molar-refractivity contribution in [2.45, 2.75) is 44.3 Å². The van der Waals surface area contributed by atoms with Gasteiger partial charge >= 0.3 is 0 Å². The number of fused-ring (bicyclic) bond motifs is 1. The normalized spacial score (nSPS) is 19.7. The molecule has 0 aliphatic heterocycles. The summed E-state index contributed by atoms with van der Waals surface area (Å²) in [6.07, 6.45) is 4.05. The number of aryl methyl sites for hydroxylation is 1. The third-order valence-corrected chi connectivity index (χ3v) is 6.18. The standard InChI is InChI=1S/C20H30N2O2/c1-14-19(16-7-5-6-8-18(16)22(14)2)17(13-21)15-9-11-20(23-3,24-4)12-10-15/h5-8,15,17H,9-13,21H2,1-4H3. The molecule has 0 saturated heterocycles. The molecule has 3 rings (SSSR count). The van der Waals surface area contributed by atoms with E-state index in [0.29, 0.717) is 18.4 Å². The van der Waals surface area contributed by atoms with E-state index >= 15 is 0 Å². The van der Waals surface area contributed by atoms with Gasteiger partial charge in [0.1, 0.15) is 0 Å². The zero-order valence-electron chi connectivity index (χ0n) is 15.3. The number of para-hydroxylation sites is 1. The number of aromatic nitrogens is 1. The molecule has 1 aliphatic rings. The van der Waals surface area contributed by atoms with Crippen molar-refractivity contribution in [1.29, 1.82) is 0 Å². The third-order valence-electron chi connectivity index (χ3n) is 6.18. The summed E-state index contributed by atoms with van der Waals surface area (Å²) in [5.41, 5.74) is 10.3. The van der Waals surface area contributed by atoms with E-state index in [4.69, 9.17) is 15.2 Å². The molecule has 0 spiro atoms. The highest BCUT2D eigenvalue weighted by Gasteiger charge is 2.38. The number of nitrogens with zero attached hydrogens (tertiary/aromatic N) is 1. The molecule has 0 radical (unpaired) electrons. The monoisotopic (exact) mass is 330 g/mol. The Morgan fingerprint density at radius 1 is 1.21 bits per heavy atom. The van der Waals surface area contributed by atoms with Gasteiger partial charge in [0.15, 0.2) is 5.79 Å². The van der Waals surface area contributed by atoms with Crippen LogP contribution in [0.5, 0.6) is 0 Å². The lowest BCUT2D eigenvalue weighted by Crippen LogP contribution is -2.40. The van der Waals surface area contributed by atoms with Crippen LogP contribution in [0.3, 0.4) is 0 Å². The molecule has 1 aromatic carbocycles. The molecular formula is C20H30N2O2. The van der Waals surface area contributed by atoms with E-state index < -0.39 is 5.79 Å². The first kappa shape index (κ1) is 17.5. The first-order valence-electron chi connectivity index (χ1n) is 8.91. The first-order chi connectivity index (χ1) is 11.6. The molecule has 4 nitrogen and oxygen atoms in total. The number of hydrogen-bond acceptors (Lipinski definition) is 3.